The number of benzene rings is 9. The van der Waals surface area contributed by atoms with Crippen molar-refractivity contribution in [3.05, 3.63) is 212 Å². The number of hydrogen-bond donors (Lipinski definition) is 0. The van der Waals surface area contributed by atoms with Crippen LogP contribution in [0.4, 0.5) is 17.1 Å². The zero-order valence-electron chi connectivity index (χ0n) is 32.9. The van der Waals surface area contributed by atoms with Gasteiger partial charge in [0.25, 0.3) is 0 Å². The minimum atomic E-state index is 0.845. The largest absolute Gasteiger partial charge is 0.497 e. The number of hydrogen-bond acceptors (Lipinski definition) is 2. The van der Waals surface area contributed by atoms with Gasteiger partial charge in [0.2, 0.25) is 0 Å². The van der Waals surface area contributed by atoms with Crippen LogP contribution in [0.3, 0.4) is 0 Å². The van der Waals surface area contributed by atoms with E-state index in [9.17, 15) is 0 Å². The van der Waals surface area contributed by atoms with E-state index in [4.69, 9.17) is 4.74 Å². The third-order valence-corrected chi connectivity index (χ3v) is 12.1. The van der Waals surface area contributed by atoms with Gasteiger partial charge in [0.1, 0.15) is 5.75 Å². The predicted molar refractivity (Wildman–Crippen MR) is 251 cm³/mol. The first kappa shape index (κ1) is 34.1. The number of methoxy groups -OCH3 is 1. The fraction of sp³-hybridized carbons (Fsp3) is 0.0182. The van der Waals surface area contributed by atoms with Crippen molar-refractivity contribution in [2.24, 2.45) is 0 Å². The van der Waals surface area contributed by atoms with Crippen LogP contribution in [0.5, 0.6) is 5.75 Å². The molecule has 0 amide bonds. The maximum Gasteiger partial charge on any atom is 0.119 e. The molecule has 0 saturated heterocycles. The second-order valence-electron chi connectivity index (χ2n) is 15.4. The number of nitrogens with zero attached hydrogens (tertiary/aromatic N) is 4. The number of aromatic nitrogens is 3. The molecule has 0 bridgehead atoms. The summed E-state index contributed by atoms with van der Waals surface area (Å²) in [6.45, 7) is 0. The second kappa shape index (κ2) is 13.5. The summed E-state index contributed by atoms with van der Waals surface area (Å²) in [6.07, 6.45) is 0. The molecule has 5 heteroatoms. The van der Waals surface area contributed by atoms with Gasteiger partial charge in [-0.25, -0.2) is 0 Å². The van der Waals surface area contributed by atoms with Gasteiger partial charge < -0.3 is 23.3 Å². The minimum Gasteiger partial charge on any atom is -0.497 e. The Balaban J connectivity index is 1.03. The van der Waals surface area contributed by atoms with Crippen molar-refractivity contribution in [1.29, 1.82) is 0 Å². The first-order chi connectivity index (χ1) is 29.7. The van der Waals surface area contributed by atoms with E-state index in [0.717, 1.165) is 39.9 Å². The van der Waals surface area contributed by atoms with Crippen LogP contribution in [0.1, 0.15) is 0 Å². The lowest BCUT2D eigenvalue weighted by molar-refractivity contribution is 0.415. The smallest absolute Gasteiger partial charge is 0.119 e. The Morgan fingerprint density at radius 3 is 1.13 bits per heavy atom. The molecule has 0 aliphatic heterocycles. The topological polar surface area (TPSA) is 27.3 Å². The Labute approximate surface area is 346 Å². The molecule has 9 aromatic carbocycles. The molecule has 12 rings (SSSR count). The number of ether oxygens (including phenoxy) is 1. The summed E-state index contributed by atoms with van der Waals surface area (Å²) in [4.78, 5) is 2.33. The monoisotopic (exact) mass is 770 g/mol. The van der Waals surface area contributed by atoms with Crippen LogP contribution < -0.4 is 9.64 Å². The standard InChI is InChI=1S/C55H38N4O/c1-60-43-29-24-39(25-30-43)57-50-21-11-8-18-44(50)48-35-41(27-32-53(48)57)59-52-23-13-10-20-46(52)49-36-42(28-33-55(49)59)58-51-22-12-9-19-45(51)47-34-40(26-31-54(47)58)56(37-14-4-2-5-15-37)38-16-6-3-7-17-38/h2-36H,1H3. The molecule has 0 radical (unpaired) electrons. The van der Waals surface area contributed by atoms with Gasteiger partial charge in [-0.3, -0.25) is 0 Å². The normalized spacial score (nSPS) is 11.8. The van der Waals surface area contributed by atoms with E-state index in [-0.39, 0.29) is 0 Å². The van der Waals surface area contributed by atoms with E-state index >= 15 is 0 Å². The lowest BCUT2D eigenvalue weighted by Gasteiger charge is -2.25. The average molecular weight is 771 g/mol. The molecular formula is C55H38N4O. The van der Waals surface area contributed by atoms with Crippen molar-refractivity contribution in [2.75, 3.05) is 12.0 Å². The Hall–Kier alpha value is -8.02. The first-order valence-electron chi connectivity index (χ1n) is 20.4. The zero-order valence-corrected chi connectivity index (χ0v) is 32.9. The maximum atomic E-state index is 5.48. The minimum absolute atomic E-state index is 0.845. The van der Waals surface area contributed by atoms with Crippen molar-refractivity contribution < 1.29 is 4.74 Å². The summed E-state index contributed by atoms with van der Waals surface area (Å²) in [5.74, 6) is 0.845. The molecule has 5 nitrogen and oxygen atoms in total. The van der Waals surface area contributed by atoms with Gasteiger partial charge in [0, 0.05) is 66.4 Å². The summed E-state index contributed by atoms with van der Waals surface area (Å²) in [5, 5.41) is 7.30. The maximum absolute atomic E-state index is 5.48. The average Bonchev–Trinajstić information content (AvgIpc) is 3.95. The van der Waals surface area contributed by atoms with Gasteiger partial charge in [-0.2, -0.15) is 0 Å². The molecule has 3 aromatic heterocycles. The molecule has 0 aliphatic carbocycles. The summed E-state index contributed by atoms with van der Waals surface area (Å²) < 4.78 is 12.7. The third kappa shape index (κ3) is 5.19. The quantitative estimate of drug-likeness (QED) is 0.161. The van der Waals surface area contributed by atoms with Crippen LogP contribution in [0.2, 0.25) is 0 Å². The number of rotatable bonds is 7. The number of fused-ring (bicyclic) bond motifs is 9. The SMILES string of the molecule is COc1ccc(-n2c3ccccc3c3cc(-n4c5ccccc5c5cc(-n6c7ccccc7c7cc(N(c8ccccc8)c8ccccc8)ccc76)ccc54)ccc32)cc1. The second-order valence-corrected chi connectivity index (χ2v) is 15.4. The van der Waals surface area contributed by atoms with Crippen molar-refractivity contribution in [2.45, 2.75) is 0 Å². The van der Waals surface area contributed by atoms with Gasteiger partial charge in [-0.15, -0.1) is 0 Å². The van der Waals surface area contributed by atoms with Crippen LogP contribution in [0.15, 0.2) is 212 Å². The fourth-order valence-electron chi connectivity index (χ4n) is 9.47. The lowest BCUT2D eigenvalue weighted by Crippen LogP contribution is -2.09. The van der Waals surface area contributed by atoms with Crippen molar-refractivity contribution in [3.8, 4) is 22.8 Å². The Kier molecular flexibility index (Phi) is 7.69. The molecule has 0 aliphatic rings. The molecule has 0 atom stereocenters. The van der Waals surface area contributed by atoms with Gasteiger partial charge in [0.05, 0.1) is 40.2 Å². The molecule has 0 saturated carbocycles. The van der Waals surface area contributed by atoms with Crippen LogP contribution >= 0.6 is 0 Å². The van der Waals surface area contributed by atoms with E-state index in [2.05, 4.69) is 219 Å². The Bertz CT molecular complexity index is 3540. The van der Waals surface area contributed by atoms with Gasteiger partial charge in [0.15, 0.2) is 0 Å². The third-order valence-electron chi connectivity index (χ3n) is 12.1. The Morgan fingerprint density at radius 2 is 0.667 bits per heavy atom. The molecule has 0 spiro atoms. The lowest BCUT2D eigenvalue weighted by atomic mass is 10.1. The van der Waals surface area contributed by atoms with E-state index in [1.807, 2.05) is 12.1 Å². The highest BCUT2D eigenvalue weighted by molar-refractivity contribution is 6.14. The number of para-hydroxylation sites is 5. The fourth-order valence-corrected chi connectivity index (χ4v) is 9.47. The van der Waals surface area contributed by atoms with Crippen LogP contribution in [-0.4, -0.2) is 20.8 Å². The highest BCUT2D eigenvalue weighted by Crippen LogP contribution is 2.42. The van der Waals surface area contributed by atoms with Gasteiger partial charge >= 0.3 is 0 Å². The first-order valence-corrected chi connectivity index (χ1v) is 20.4. The molecule has 284 valence electrons. The molecule has 0 fully saturated rings. The molecule has 3 heterocycles. The van der Waals surface area contributed by atoms with E-state index in [0.29, 0.717) is 0 Å². The van der Waals surface area contributed by atoms with E-state index in [1.54, 1.807) is 7.11 Å². The summed E-state index contributed by atoms with van der Waals surface area (Å²) in [6, 6.07) is 76.5. The summed E-state index contributed by atoms with van der Waals surface area (Å²) in [5.41, 5.74) is 13.8. The highest BCUT2D eigenvalue weighted by Gasteiger charge is 2.20. The highest BCUT2D eigenvalue weighted by atomic mass is 16.5. The molecular weight excluding hydrogens is 733 g/mol. The zero-order chi connectivity index (χ0) is 39.7. The van der Waals surface area contributed by atoms with Crippen LogP contribution in [-0.2, 0) is 0 Å². The van der Waals surface area contributed by atoms with Crippen molar-refractivity contribution in [3.63, 3.8) is 0 Å². The summed E-state index contributed by atoms with van der Waals surface area (Å²) >= 11 is 0. The van der Waals surface area contributed by atoms with Gasteiger partial charge in [-0.05, 0) is 121 Å². The van der Waals surface area contributed by atoms with Crippen molar-refractivity contribution in [1.82, 2.24) is 13.7 Å². The molecule has 0 N–H and O–H groups in total. The molecule has 12 aromatic rings. The summed E-state index contributed by atoms with van der Waals surface area (Å²) in [7, 11) is 1.71. The van der Waals surface area contributed by atoms with Crippen LogP contribution in [0.25, 0.3) is 82.5 Å². The Morgan fingerprint density at radius 1 is 0.300 bits per heavy atom. The van der Waals surface area contributed by atoms with Crippen molar-refractivity contribution >= 4 is 82.5 Å². The van der Waals surface area contributed by atoms with E-state index < -0.39 is 0 Å². The molecule has 60 heavy (non-hydrogen) atoms. The molecule has 0 unspecified atom stereocenters. The van der Waals surface area contributed by atoms with Crippen LogP contribution in [0, 0.1) is 0 Å². The van der Waals surface area contributed by atoms with Gasteiger partial charge in [-0.1, -0.05) is 91.0 Å². The predicted octanol–water partition coefficient (Wildman–Crippen LogP) is 14.5. The van der Waals surface area contributed by atoms with E-state index in [1.165, 1.54) is 65.4 Å². The number of anilines is 3.